The zero-order chi connectivity index (χ0) is 22.4. The fourth-order valence-corrected chi connectivity index (χ4v) is 6.08. The number of rotatable bonds is 5. The van der Waals surface area contributed by atoms with Gasteiger partial charge in [0.05, 0.1) is 5.41 Å². The first kappa shape index (κ1) is 21.8. The van der Waals surface area contributed by atoms with Crippen molar-refractivity contribution in [2.45, 2.75) is 69.9 Å². The summed E-state index contributed by atoms with van der Waals surface area (Å²) in [5.74, 6) is -0.0408. The van der Waals surface area contributed by atoms with E-state index in [1.807, 2.05) is 42.2 Å². The van der Waals surface area contributed by atoms with Gasteiger partial charge in [-0.1, -0.05) is 36.4 Å². The van der Waals surface area contributed by atoms with Crippen LogP contribution in [0.25, 0.3) is 0 Å². The second-order valence-corrected chi connectivity index (χ2v) is 9.76. The van der Waals surface area contributed by atoms with Gasteiger partial charge in [-0.15, -0.1) is 0 Å². The molecular formula is C26H35N3O2. The number of fused-ring (bicyclic) bond motifs is 1. The Bertz CT molecular complexity index is 944. The van der Waals surface area contributed by atoms with Crippen molar-refractivity contribution < 1.29 is 9.59 Å². The van der Waals surface area contributed by atoms with Gasteiger partial charge in [-0.25, -0.2) is 0 Å². The topological polar surface area (TPSA) is 52.7 Å². The number of anilines is 1. The predicted octanol–water partition coefficient (Wildman–Crippen LogP) is 3.95. The molecule has 2 atom stereocenters. The number of likely N-dealkylation sites (tertiary alicyclic amines) is 1. The lowest BCUT2D eigenvalue weighted by molar-refractivity contribution is -0.129. The second kappa shape index (κ2) is 7.94. The quantitative estimate of drug-likeness (QED) is 0.783. The third kappa shape index (κ3) is 3.34. The van der Waals surface area contributed by atoms with Crippen LogP contribution in [0.3, 0.4) is 0 Å². The maximum absolute atomic E-state index is 13.7. The maximum Gasteiger partial charge on any atom is 0.238 e. The van der Waals surface area contributed by atoms with Crippen LogP contribution in [0.5, 0.6) is 0 Å². The average Bonchev–Trinajstić information content (AvgIpc) is 3.19. The molecule has 1 aromatic carbocycles. The van der Waals surface area contributed by atoms with Crippen molar-refractivity contribution in [1.29, 1.82) is 0 Å². The molecule has 5 nitrogen and oxygen atoms in total. The predicted molar refractivity (Wildman–Crippen MR) is 125 cm³/mol. The van der Waals surface area contributed by atoms with Crippen molar-refractivity contribution in [2.75, 3.05) is 25.0 Å². The number of amides is 2. The van der Waals surface area contributed by atoms with Crippen LogP contribution in [0.15, 0.2) is 48.1 Å². The number of allylic oxidation sites excluding steroid dienone is 1. The molecule has 2 unspecified atom stereocenters. The fraction of sp³-hybridized carbons (Fsp3) is 0.538. The van der Waals surface area contributed by atoms with Gasteiger partial charge in [0, 0.05) is 43.8 Å². The van der Waals surface area contributed by atoms with Gasteiger partial charge < -0.3 is 10.2 Å². The van der Waals surface area contributed by atoms with Crippen LogP contribution in [0.4, 0.5) is 5.69 Å². The SMILES string of the molecule is C=CC1=C(C)CCC1(C)N1CCC(N2C(=O)C(C)(CC(=O)NC)c3ccccc32)CC1. The number of hydrogen-bond acceptors (Lipinski definition) is 3. The van der Waals surface area contributed by atoms with Crippen molar-refractivity contribution in [1.82, 2.24) is 10.2 Å². The molecule has 1 aromatic rings. The molecule has 1 N–H and O–H groups in total. The lowest BCUT2D eigenvalue weighted by Crippen LogP contribution is -2.55. The Morgan fingerprint density at radius 3 is 2.58 bits per heavy atom. The third-order valence-electron chi connectivity index (χ3n) is 8.00. The van der Waals surface area contributed by atoms with Gasteiger partial charge in [0.15, 0.2) is 0 Å². The Balaban J connectivity index is 1.56. The maximum atomic E-state index is 13.7. The van der Waals surface area contributed by atoms with Crippen LogP contribution in [-0.4, -0.2) is 48.4 Å². The van der Waals surface area contributed by atoms with E-state index in [-0.39, 0.29) is 29.8 Å². The molecule has 1 aliphatic carbocycles. The average molecular weight is 422 g/mol. The minimum absolute atomic E-state index is 0.0530. The number of hydrogen-bond donors (Lipinski definition) is 1. The first-order valence-electron chi connectivity index (χ1n) is 11.5. The molecule has 5 heteroatoms. The van der Waals surface area contributed by atoms with Crippen LogP contribution in [0, 0.1) is 0 Å². The molecule has 0 spiro atoms. The summed E-state index contributed by atoms with van der Waals surface area (Å²) in [7, 11) is 1.63. The van der Waals surface area contributed by atoms with Crippen LogP contribution >= 0.6 is 0 Å². The van der Waals surface area contributed by atoms with Gasteiger partial charge in [-0.3, -0.25) is 14.5 Å². The number of para-hydroxylation sites is 1. The molecule has 2 heterocycles. The van der Waals surface area contributed by atoms with Crippen LogP contribution in [-0.2, 0) is 15.0 Å². The Morgan fingerprint density at radius 2 is 1.94 bits per heavy atom. The summed E-state index contributed by atoms with van der Waals surface area (Å²) >= 11 is 0. The Hall–Kier alpha value is -2.40. The molecule has 2 aliphatic heterocycles. The first-order valence-corrected chi connectivity index (χ1v) is 11.5. The minimum atomic E-state index is -0.804. The fourth-order valence-electron chi connectivity index (χ4n) is 6.08. The Labute approximate surface area is 186 Å². The van der Waals surface area contributed by atoms with Crippen LogP contribution in [0.1, 0.15) is 58.4 Å². The molecule has 3 aliphatic rings. The molecule has 2 amide bonds. The van der Waals surface area contributed by atoms with Gasteiger partial charge in [0.25, 0.3) is 0 Å². The molecular weight excluding hydrogens is 386 g/mol. The first-order chi connectivity index (χ1) is 14.8. The van der Waals surface area contributed by atoms with Crippen LogP contribution < -0.4 is 10.2 Å². The summed E-state index contributed by atoms with van der Waals surface area (Å²) in [6, 6.07) is 8.17. The summed E-state index contributed by atoms with van der Waals surface area (Å²) in [6.07, 6.45) is 6.37. The van der Waals surface area contributed by atoms with E-state index in [1.54, 1.807) is 7.05 Å². The van der Waals surface area contributed by atoms with E-state index < -0.39 is 5.41 Å². The number of carbonyl (C=O) groups excluding carboxylic acids is 2. The molecule has 4 rings (SSSR count). The molecule has 0 radical (unpaired) electrons. The number of carbonyl (C=O) groups is 2. The van der Waals surface area contributed by atoms with E-state index in [0.29, 0.717) is 0 Å². The molecule has 0 aromatic heterocycles. The van der Waals surface area contributed by atoms with E-state index in [2.05, 4.69) is 30.6 Å². The highest BCUT2D eigenvalue weighted by Crippen LogP contribution is 2.47. The molecule has 0 bridgehead atoms. The lowest BCUT2D eigenvalue weighted by Gasteiger charge is -2.46. The third-order valence-corrected chi connectivity index (χ3v) is 8.00. The van der Waals surface area contributed by atoms with E-state index in [9.17, 15) is 9.59 Å². The summed E-state index contributed by atoms with van der Waals surface area (Å²) in [5.41, 5.74) is 4.03. The summed E-state index contributed by atoms with van der Waals surface area (Å²) in [6.45, 7) is 12.5. The zero-order valence-corrected chi connectivity index (χ0v) is 19.3. The number of nitrogens with zero attached hydrogens (tertiary/aromatic N) is 2. The van der Waals surface area contributed by atoms with E-state index in [0.717, 1.165) is 50.0 Å². The number of piperidine rings is 1. The van der Waals surface area contributed by atoms with Gasteiger partial charge in [0.1, 0.15) is 0 Å². The van der Waals surface area contributed by atoms with Gasteiger partial charge in [0.2, 0.25) is 11.8 Å². The molecule has 1 fully saturated rings. The molecule has 166 valence electrons. The second-order valence-electron chi connectivity index (χ2n) is 9.76. The van der Waals surface area contributed by atoms with Crippen molar-refractivity contribution >= 4 is 17.5 Å². The number of nitrogens with one attached hydrogen (secondary N) is 1. The largest absolute Gasteiger partial charge is 0.359 e. The zero-order valence-electron chi connectivity index (χ0n) is 19.3. The molecule has 0 saturated carbocycles. The lowest BCUT2D eigenvalue weighted by atomic mass is 9.80. The van der Waals surface area contributed by atoms with E-state index in [4.69, 9.17) is 0 Å². The van der Waals surface area contributed by atoms with E-state index in [1.165, 1.54) is 11.1 Å². The Morgan fingerprint density at radius 1 is 1.26 bits per heavy atom. The van der Waals surface area contributed by atoms with Crippen LogP contribution in [0.2, 0.25) is 0 Å². The molecule has 31 heavy (non-hydrogen) atoms. The minimum Gasteiger partial charge on any atom is -0.359 e. The van der Waals surface area contributed by atoms with Crippen molar-refractivity contribution in [3.05, 3.63) is 53.6 Å². The normalized spacial score (nSPS) is 29.4. The standard InChI is InChI=1S/C26H35N3O2/c1-6-20-18(2)11-14-26(20,4)28-15-12-19(13-16-28)29-22-10-8-7-9-21(22)25(3,24(29)31)17-23(30)27-5/h6-10,19H,1,11-17H2,2-5H3,(H,27,30). The number of benzene rings is 1. The van der Waals surface area contributed by atoms with Crippen molar-refractivity contribution in [3.63, 3.8) is 0 Å². The summed E-state index contributed by atoms with van der Waals surface area (Å²) < 4.78 is 0. The summed E-state index contributed by atoms with van der Waals surface area (Å²) in [5, 5.41) is 2.69. The smallest absolute Gasteiger partial charge is 0.238 e. The van der Waals surface area contributed by atoms with Gasteiger partial charge in [-0.05, 0) is 63.7 Å². The van der Waals surface area contributed by atoms with Gasteiger partial charge >= 0.3 is 0 Å². The highest BCUT2D eigenvalue weighted by molar-refractivity contribution is 6.10. The summed E-state index contributed by atoms with van der Waals surface area (Å²) in [4.78, 5) is 30.5. The van der Waals surface area contributed by atoms with Crippen molar-refractivity contribution in [3.8, 4) is 0 Å². The molecule has 1 saturated heterocycles. The highest BCUT2D eigenvalue weighted by atomic mass is 16.2. The monoisotopic (exact) mass is 421 g/mol. The van der Waals surface area contributed by atoms with E-state index >= 15 is 0 Å². The van der Waals surface area contributed by atoms with Crippen molar-refractivity contribution in [2.24, 2.45) is 0 Å². The Kier molecular flexibility index (Phi) is 5.59. The van der Waals surface area contributed by atoms with Gasteiger partial charge in [-0.2, -0.15) is 0 Å². The highest BCUT2D eigenvalue weighted by Gasteiger charge is 2.51.